The van der Waals surface area contributed by atoms with E-state index in [0.29, 0.717) is 16.0 Å². The van der Waals surface area contributed by atoms with Crippen LogP contribution in [-0.2, 0) is 14.4 Å². The first kappa shape index (κ1) is 26.8. The van der Waals surface area contributed by atoms with Crippen molar-refractivity contribution in [3.63, 3.8) is 0 Å². The first-order valence-electron chi connectivity index (χ1n) is 12.1. The first-order chi connectivity index (χ1) is 17.4. The summed E-state index contributed by atoms with van der Waals surface area (Å²) in [7, 11) is 0. The van der Waals surface area contributed by atoms with E-state index in [0.717, 1.165) is 22.3 Å². The Morgan fingerprint density at radius 3 is 1.97 bits per heavy atom. The van der Waals surface area contributed by atoms with Gasteiger partial charge in [-0.3, -0.25) is 14.4 Å². The van der Waals surface area contributed by atoms with Gasteiger partial charge < -0.3 is 20.2 Å². The lowest BCUT2D eigenvalue weighted by molar-refractivity contribution is -0.151. The van der Waals surface area contributed by atoms with Crippen LogP contribution in [0.1, 0.15) is 47.3 Å². The summed E-state index contributed by atoms with van der Waals surface area (Å²) >= 11 is 3.28. The fraction of sp³-hybridized carbons (Fsp3) is 0.345. The van der Waals surface area contributed by atoms with Gasteiger partial charge in [-0.05, 0) is 97.1 Å². The van der Waals surface area contributed by atoms with Crippen molar-refractivity contribution in [2.75, 3.05) is 10.6 Å². The van der Waals surface area contributed by atoms with Crippen LogP contribution < -0.4 is 10.6 Å². The summed E-state index contributed by atoms with van der Waals surface area (Å²) in [6.07, 6.45) is -0.346. The molecule has 2 aromatic carbocycles. The third-order valence-corrected chi connectivity index (χ3v) is 7.91. The molecule has 2 amide bonds. The van der Waals surface area contributed by atoms with Crippen LogP contribution in [0.2, 0.25) is 0 Å². The number of ketones is 1. The van der Waals surface area contributed by atoms with Gasteiger partial charge in [-0.1, -0.05) is 24.3 Å². The average molecular weight is 567 g/mol. The van der Waals surface area contributed by atoms with Gasteiger partial charge in [-0.15, -0.1) is 0 Å². The number of hydrogen-bond donors (Lipinski definition) is 3. The molecule has 1 fully saturated rings. The number of nitrogens with one attached hydrogen (secondary N) is 2. The second kappa shape index (κ2) is 10.3. The molecule has 7 nitrogen and oxygen atoms in total. The second-order valence-corrected chi connectivity index (χ2v) is 10.9. The van der Waals surface area contributed by atoms with Crippen LogP contribution in [0.25, 0.3) is 0 Å². The molecule has 3 aromatic rings. The zero-order valence-corrected chi connectivity index (χ0v) is 23.1. The minimum Gasteiger partial charge on any atom is -0.454 e. The zero-order valence-electron chi connectivity index (χ0n) is 21.5. The number of anilines is 2. The quantitative estimate of drug-likeness (QED) is 0.348. The highest BCUT2D eigenvalue weighted by Gasteiger charge is 2.57. The van der Waals surface area contributed by atoms with Crippen molar-refractivity contribution in [2.45, 2.75) is 52.6 Å². The largest absolute Gasteiger partial charge is 0.454 e. The molecule has 37 heavy (non-hydrogen) atoms. The van der Waals surface area contributed by atoms with E-state index in [1.54, 1.807) is 24.3 Å². The molecule has 1 aliphatic rings. The predicted molar refractivity (Wildman–Crippen MR) is 145 cm³/mol. The van der Waals surface area contributed by atoms with Crippen LogP contribution in [-0.4, -0.2) is 28.3 Å². The zero-order chi connectivity index (χ0) is 27.1. The van der Waals surface area contributed by atoms with Crippen LogP contribution in [0.3, 0.4) is 0 Å². The van der Waals surface area contributed by atoms with E-state index in [1.807, 2.05) is 52.0 Å². The molecular formula is C29H31BrN2O5. The Kier molecular flexibility index (Phi) is 7.44. The van der Waals surface area contributed by atoms with E-state index in [-0.39, 0.29) is 12.2 Å². The van der Waals surface area contributed by atoms with Gasteiger partial charge in [0.1, 0.15) is 17.5 Å². The molecule has 3 N–H and O–H groups in total. The Hall–Kier alpha value is -3.23. The Morgan fingerprint density at radius 2 is 1.46 bits per heavy atom. The number of aryl methyl sites for hydroxylation is 2. The minimum absolute atomic E-state index is 0.266. The highest BCUT2D eigenvalue weighted by atomic mass is 79.9. The van der Waals surface area contributed by atoms with Crippen molar-refractivity contribution in [1.82, 2.24) is 0 Å². The summed E-state index contributed by atoms with van der Waals surface area (Å²) in [6, 6.07) is 14.4. The summed E-state index contributed by atoms with van der Waals surface area (Å²) < 4.78 is 6.20. The van der Waals surface area contributed by atoms with Gasteiger partial charge in [0.2, 0.25) is 11.8 Å². The molecule has 1 aliphatic carbocycles. The molecule has 1 heterocycles. The third-order valence-electron chi connectivity index (χ3n) is 7.48. The molecular weight excluding hydrogens is 536 g/mol. The lowest BCUT2D eigenvalue weighted by Crippen LogP contribution is -2.56. The molecule has 0 radical (unpaired) electrons. The number of aliphatic hydroxyl groups is 1. The highest BCUT2D eigenvalue weighted by Crippen LogP contribution is 2.47. The first-order valence-corrected chi connectivity index (χ1v) is 12.9. The van der Waals surface area contributed by atoms with Crippen molar-refractivity contribution in [3.05, 3.63) is 81.2 Å². The number of halogens is 1. The molecule has 0 spiro atoms. The van der Waals surface area contributed by atoms with Crippen LogP contribution in [0.4, 0.5) is 11.4 Å². The molecule has 4 unspecified atom stereocenters. The van der Waals surface area contributed by atoms with Gasteiger partial charge in [0, 0.05) is 17.8 Å². The maximum absolute atomic E-state index is 13.8. The number of carbonyl (C=O) groups is 3. The predicted octanol–water partition coefficient (Wildman–Crippen LogP) is 5.59. The van der Waals surface area contributed by atoms with Crippen molar-refractivity contribution in [3.8, 4) is 0 Å². The van der Waals surface area contributed by atoms with Crippen molar-refractivity contribution < 1.29 is 23.9 Å². The molecule has 1 aromatic heterocycles. The molecule has 0 saturated heterocycles. The van der Waals surface area contributed by atoms with E-state index in [9.17, 15) is 19.5 Å². The third kappa shape index (κ3) is 5.26. The smallest absolute Gasteiger partial charge is 0.235 e. The molecule has 194 valence electrons. The lowest BCUT2D eigenvalue weighted by Gasteiger charge is -2.43. The van der Waals surface area contributed by atoms with Gasteiger partial charge in [0.15, 0.2) is 4.67 Å². The summed E-state index contributed by atoms with van der Waals surface area (Å²) in [5.74, 6) is -4.64. The normalized spacial score (nSPS) is 23.5. The number of furan rings is 1. The number of hydrogen-bond acceptors (Lipinski definition) is 5. The number of rotatable bonds is 5. The Bertz CT molecular complexity index is 1380. The van der Waals surface area contributed by atoms with Gasteiger partial charge >= 0.3 is 0 Å². The van der Waals surface area contributed by atoms with Crippen molar-refractivity contribution in [1.29, 1.82) is 0 Å². The van der Waals surface area contributed by atoms with Gasteiger partial charge in [-0.2, -0.15) is 0 Å². The van der Waals surface area contributed by atoms with E-state index >= 15 is 0 Å². The number of carbonyl (C=O) groups excluding carboxylic acids is 3. The van der Waals surface area contributed by atoms with E-state index < -0.39 is 41.0 Å². The topological polar surface area (TPSA) is 109 Å². The van der Waals surface area contributed by atoms with Gasteiger partial charge in [-0.25, -0.2) is 0 Å². The Morgan fingerprint density at radius 1 is 0.919 bits per heavy atom. The molecule has 0 bridgehead atoms. The van der Waals surface area contributed by atoms with Crippen LogP contribution in [0, 0.1) is 39.5 Å². The fourth-order valence-corrected chi connectivity index (χ4v) is 5.46. The Labute approximate surface area is 224 Å². The maximum Gasteiger partial charge on any atom is 0.235 e. The van der Waals surface area contributed by atoms with Crippen LogP contribution in [0.15, 0.2) is 57.6 Å². The monoisotopic (exact) mass is 566 g/mol. The molecule has 4 rings (SSSR count). The molecule has 0 aliphatic heterocycles. The maximum atomic E-state index is 13.8. The molecule has 8 heteroatoms. The molecule has 4 atom stereocenters. The highest BCUT2D eigenvalue weighted by molar-refractivity contribution is 9.10. The fourth-order valence-electron chi connectivity index (χ4n) is 5.14. The van der Waals surface area contributed by atoms with Crippen molar-refractivity contribution >= 4 is 44.9 Å². The van der Waals surface area contributed by atoms with Crippen LogP contribution in [0.5, 0.6) is 0 Å². The van der Waals surface area contributed by atoms with E-state index in [4.69, 9.17) is 4.42 Å². The van der Waals surface area contributed by atoms with E-state index in [1.165, 1.54) is 6.92 Å². The number of amides is 2. The van der Waals surface area contributed by atoms with Crippen LogP contribution >= 0.6 is 15.9 Å². The van der Waals surface area contributed by atoms with Gasteiger partial charge in [0.05, 0.1) is 17.4 Å². The lowest BCUT2D eigenvalue weighted by atomic mass is 9.62. The summed E-state index contributed by atoms with van der Waals surface area (Å²) in [4.78, 5) is 40.9. The Balaban J connectivity index is 1.77. The summed E-state index contributed by atoms with van der Waals surface area (Å²) in [6.45, 7) is 9.12. The van der Waals surface area contributed by atoms with E-state index in [2.05, 4.69) is 26.6 Å². The van der Waals surface area contributed by atoms with Gasteiger partial charge in [0.25, 0.3) is 0 Å². The molecule has 1 saturated carbocycles. The SMILES string of the molecule is Cc1cccc(NC(=O)C2C(=O)CC(C)(O)C(C(=O)Nc3cccc(C)c3C)C2c2ccc(Br)o2)c1C. The summed E-state index contributed by atoms with van der Waals surface area (Å²) in [5.41, 5.74) is 3.25. The average Bonchev–Trinajstić information content (AvgIpc) is 3.24. The van der Waals surface area contributed by atoms with Crippen molar-refractivity contribution in [2.24, 2.45) is 11.8 Å². The number of Topliss-reactive ketones (excluding diaryl/α,β-unsaturated/α-hetero) is 1. The second-order valence-electron chi connectivity index (χ2n) is 10.1. The minimum atomic E-state index is -1.71. The standard InChI is InChI=1S/C29H31BrN2O5/c1-15-8-6-10-19(17(15)3)31-27(34)24-21(33)14-29(5,36)26(25(24)22-12-13-23(30)37-22)28(35)32-20-11-7-9-16(2)18(20)4/h6-13,24-26,36H,14H2,1-5H3,(H,31,34)(H,32,35). The summed E-state index contributed by atoms with van der Waals surface area (Å²) in [5, 5.41) is 17.2. The number of benzene rings is 2.